The number of aliphatic carboxylic acids is 1. The minimum atomic E-state index is -0.900. The maximum absolute atomic E-state index is 10.4. The van der Waals surface area contributed by atoms with Crippen LogP contribution in [-0.2, 0) is 11.2 Å². The van der Waals surface area contributed by atoms with Gasteiger partial charge in [-0.3, -0.25) is 4.79 Å². The Morgan fingerprint density at radius 1 is 1.56 bits per heavy atom. The van der Waals surface area contributed by atoms with E-state index in [0.717, 1.165) is 18.3 Å². The number of rotatable bonds is 6. The summed E-state index contributed by atoms with van der Waals surface area (Å²) in [5, 5.41) is 16.7. The summed E-state index contributed by atoms with van der Waals surface area (Å²) < 4.78 is 1.34. The molecule has 16 heavy (non-hydrogen) atoms. The van der Waals surface area contributed by atoms with Crippen molar-refractivity contribution in [2.75, 3.05) is 32.2 Å². The highest BCUT2D eigenvalue weighted by molar-refractivity contribution is 7.99. The molecule has 1 heterocycles. The second kappa shape index (κ2) is 5.71. The zero-order chi connectivity index (χ0) is 12.1. The zero-order valence-corrected chi connectivity index (χ0v) is 10.1. The average Bonchev–Trinajstić information content (AvgIpc) is 2.53. The molecule has 1 rings (SSSR count). The van der Waals surface area contributed by atoms with Crippen molar-refractivity contribution in [1.29, 1.82) is 0 Å². The molecule has 0 aliphatic heterocycles. The fourth-order valence-electron chi connectivity index (χ4n) is 1.03. The highest BCUT2D eigenvalue weighted by atomic mass is 32.2. The predicted octanol–water partition coefficient (Wildman–Crippen LogP) is -0.727. The monoisotopic (exact) mass is 245 g/mol. The number of hydrogen-bond donors (Lipinski definition) is 2. The Balaban J connectivity index is 2.57. The first kappa shape index (κ1) is 12.8. The van der Waals surface area contributed by atoms with Gasteiger partial charge in [0.2, 0.25) is 5.16 Å². The van der Waals surface area contributed by atoms with Crippen LogP contribution in [0.1, 0.15) is 5.82 Å². The molecule has 0 radical (unpaired) electrons. The van der Waals surface area contributed by atoms with E-state index in [1.807, 2.05) is 19.0 Å². The second-order valence-corrected chi connectivity index (χ2v) is 4.45. The van der Waals surface area contributed by atoms with Crippen LogP contribution >= 0.6 is 11.8 Å². The summed E-state index contributed by atoms with van der Waals surface area (Å²) in [6.07, 6.45) is 0.685. The van der Waals surface area contributed by atoms with E-state index >= 15 is 0 Å². The van der Waals surface area contributed by atoms with Gasteiger partial charge in [0.1, 0.15) is 0 Å². The highest BCUT2D eigenvalue weighted by Crippen LogP contribution is 2.14. The molecule has 0 bridgehead atoms. The van der Waals surface area contributed by atoms with E-state index in [4.69, 9.17) is 10.9 Å². The molecule has 0 aliphatic carbocycles. The number of carboxylic acids is 1. The molecule has 0 aliphatic rings. The van der Waals surface area contributed by atoms with Crippen molar-refractivity contribution >= 4 is 17.7 Å². The van der Waals surface area contributed by atoms with E-state index in [2.05, 4.69) is 10.2 Å². The second-order valence-electron chi connectivity index (χ2n) is 3.50. The van der Waals surface area contributed by atoms with E-state index in [0.29, 0.717) is 17.4 Å². The Morgan fingerprint density at radius 3 is 2.81 bits per heavy atom. The minimum absolute atomic E-state index is 0.0665. The zero-order valence-electron chi connectivity index (χ0n) is 9.25. The van der Waals surface area contributed by atoms with Crippen molar-refractivity contribution in [2.45, 2.75) is 11.6 Å². The van der Waals surface area contributed by atoms with Crippen molar-refractivity contribution < 1.29 is 9.90 Å². The summed E-state index contributed by atoms with van der Waals surface area (Å²) >= 11 is 1.06. The SMILES string of the molecule is CN(C)CCc1nnc(SCC(=O)O)n1N. The molecule has 0 saturated heterocycles. The number of hydrogen-bond acceptors (Lipinski definition) is 6. The summed E-state index contributed by atoms with van der Waals surface area (Å²) in [5.41, 5.74) is 0. The van der Waals surface area contributed by atoms with Crippen molar-refractivity contribution in [1.82, 2.24) is 19.8 Å². The van der Waals surface area contributed by atoms with Gasteiger partial charge in [-0.15, -0.1) is 10.2 Å². The van der Waals surface area contributed by atoms with Gasteiger partial charge in [-0.1, -0.05) is 11.8 Å². The van der Waals surface area contributed by atoms with Crippen LogP contribution in [0, 0.1) is 0 Å². The first-order valence-electron chi connectivity index (χ1n) is 4.69. The van der Waals surface area contributed by atoms with Crippen molar-refractivity contribution in [2.24, 2.45) is 0 Å². The van der Waals surface area contributed by atoms with Crippen molar-refractivity contribution in [3.63, 3.8) is 0 Å². The van der Waals surface area contributed by atoms with Gasteiger partial charge < -0.3 is 15.8 Å². The molecular formula is C8H15N5O2S. The standard InChI is InChI=1S/C8H15N5O2S/c1-12(2)4-3-6-10-11-8(13(6)9)16-5-7(14)15/h3-5,9H2,1-2H3,(H,14,15). The molecule has 0 aromatic carbocycles. The number of nitrogens with two attached hydrogens (primary N) is 1. The third-order valence-corrected chi connectivity index (χ3v) is 2.77. The van der Waals surface area contributed by atoms with Crippen LogP contribution in [0.25, 0.3) is 0 Å². The summed E-state index contributed by atoms with van der Waals surface area (Å²) in [6, 6.07) is 0. The summed E-state index contributed by atoms with van der Waals surface area (Å²) in [5.74, 6) is 5.42. The summed E-state index contributed by atoms with van der Waals surface area (Å²) in [7, 11) is 3.91. The predicted molar refractivity (Wildman–Crippen MR) is 60.8 cm³/mol. The normalized spacial score (nSPS) is 10.9. The van der Waals surface area contributed by atoms with Crippen molar-refractivity contribution in [3.05, 3.63) is 5.82 Å². The molecular weight excluding hydrogens is 230 g/mol. The highest BCUT2D eigenvalue weighted by Gasteiger charge is 2.11. The fraction of sp³-hybridized carbons (Fsp3) is 0.625. The Labute approximate surface area is 97.6 Å². The fourth-order valence-corrected chi connectivity index (χ4v) is 1.62. The summed E-state index contributed by atoms with van der Waals surface area (Å²) in [4.78, 5) is 12.4. The van der Waals surface area contributed by atoms with E-state index in [1.54, 1.807) is 0 Å². The molecule has 90 valence electrons. The van der Waals surface area contributed by atoms with Crippen LogP contribution in [0.2, 0.25) is 0 Å². The van der Waals surface area contributed by atoms with Crippen LogP contribution in [0.15, 0.2) is 5.16 Å². The van der Waals surface area contributed by atoms with Gasteiger partial charge in [-0.2, -0.15) is 0 Å². The van der Waals surface area contributed by atoms with E-state index in [9.17, 15) is 4.79 Å². The third kappa shape index (κ3) is 3.70. The van der Waals surface area contributed by atoms with Crippen LogP contribution in [0.4, 0.5) is 0 Å². The molecule has 0 fully saturated rings. The first-order chi connectivity index (χ1) is 7.50. The van der Waals surface area contributed by atoms with Gasteiger partial charge in [0, 0.05) is 13.0 Å². The molecule has 1 aromatic heterocycles. The van der Waals surface area contributed by atoms with Crippen molar-refractivity contribution in [3.8, 4) is 0 Å². The van der Waals surface area contributed by atoms with Gasteiger partial charge in [0.15, 0.2) is 5.82 Å². The molecule has 0 saturated carbocycles. The molecule has 7 nitrogen and oxygen atoms in total. The Kier molecular flexibility index (Phi) is 4.56. The number of carbonyl (C=O) groups is 1. The number of carboxylic acid groups (broad SMARTS) is 1. The maximum Gasteiger partial charge on any atom is 0.313 e. The lowest BCUT2D eigenvalue weighted by atomic mass is 10.4. The smallest absolute Gasteiger partial charge is 0.313 e. The molecule has 8 heteroatoms. The van der Waals surface area contributed by atoms with E-state index < -0.39 is 5.97 Å². The minimum Gasteiger partial charge on any atom is -0.481 e. The van der Waals surface area contributed by atoms with E-state index in [1.165, 1.54) is 4.68 Å². The van der Waals surface area contributed by atoms with Crippen LogP contribution < -0.4 is 5.84 Å². The topological polar surface area (TPSA) is 97.3 Å². The Bertz CT molecular complexity index is 365. The Hall–Kier alpha value is -1.28. The Morgan fingerprint density at radius 2 is 2.25 bits per heavy atom. The average molecular weight is 245 g/mol. The number of aromatic nitrogens is 3. The lowest BCUT2D eigenvalue weighted by molar-refractivity contribution is -0.133. The van der Waals surface area contributed by atoms with Gasteiger partial charge in [0.05, 0.1) is 5.75 Å². The van der Waals surface area contributed by atoms with Gasteiger partial charge >= 0.3 is 5.97 Å². The number of likely N-dealkylation sites (N-methyl/N-ethyl adjacent to an activating group) is 1. The lowest BCUT2D eigenvalue weighted by Crippen LogP contribution is -2.20. The molecule has 0 atom stereocenters. The van der Waals surface area contributed by atoms with Gasteiger partial charge in [-0.25, -0.2) is 4.68 Å². The van der Waals surface area contributed by atoms with Crippen LogP contribution in [-0.4, -0.2) is 57.2 Å². The lowest BCUT2D eigenvalue weighted by Gasteiger charge is -2.08. The first-order valence-corrected chi connectivity index (χ1v) is 5.68. The molecule has 0 amide bonds. The molecule has 3 N–H and O–H groups in total. The maximum atomic E-state index is 10.4. The number of nitrogens with zero attached hydrogens (tertiary/aromatic N) is 4. The molecule has 1 aromatic rings. The summed E-state index contributed by atoms with van der Waals surface area (Å²) in [6.45, 7) is 0.818. The molecule has 0 unspecified atom stereocenters. The quantitative estimate of drug-likeness (QED) is 0.504. The third-order valence-electron chi connectivity index (χ3n) is 1.84. The number of nitrogen functional groups attached to an aromatic ring is 1. The largest absolute Gasteiger partial charge is 0.481 e. The molecule has 0 spiro atoms. The van der Waals surface area contributed by atoms with Crippen LogP contribution in [0.5, 0.6) is 0 Å². The number of thioether (sulfide) groups is 1. The van der Waals surface area contributed by atoms with Crippen LogP contribution in [0.3, 0.4) is 0 Å². The van der Waals surface area contributed by atoms with Gasteiger partial charge in [-0.05, 0) is 14.1 Å². The van der Waals surface area contributed by atoms with E-state index in [-0.39, 0.29) is 5.75 Å². The van der Waals surface area contributed by atoms with Gasteiger partial charge in [0.25, 0.3) is 0 Å².